The van der Waals surface area contributed by atoms with Crippen LogP contribution < -0.4 is 0 Å². The third-order valence-corrected chi connectivity index (χ3v) is 5.32. The molecule has 3 rings (SSSR count). The van der Waals surface area contributed by atoms with Crippen molar-refractivity contribution < 1.29 is 24.0 Å². The van der Waals surface area contributed by atoms with Crippen LogP contribution in [0.4, 0.5) is 5.69 Å². The number of aromatic nitrogens is 1. The van der Waals surface area contributed by atoms with Gasteiger partial charge in [0.1, 0.15) is 5.02 Å². The van der Waals surface area contributed by atoms with Gasteiger partial charge in [0.25, 0.3) is 5.69 Å². The Labute approximate surface area is 172 Å². The predicted molar refractivity (Wildman–Crippen MR) is 106 cm³/mol. The van der Waals surface area contributed by atoms with Crippen molar-refractivity contribution in [2.24, 2.45) is 0 Å². The molecule has 2 aromatic rings. The molecule has 1 aliphatic heterocycles. The molecule has 8 nitrogen and oxygen atoms in total. The van der Waals surface area contributed by atoms with E-state index in [1.54, 1.807) is 6.07 Å². The maximum Gasteiger partial charge on any atom is 0.338 e. The van der Waals surface area contributed by atoms with Gasteiger partial charge in [-0.2, -0.15) is 0 Å². The van der Waals surface area contributed by atoms with E-state index in [4.69, 9.17) is 21.1 Å². The van der Waals surface area contributed by atoms with Crippen molar-refractivity contribution in [2.45, 2.75) is 39.3 Å². The summed E-state index contributed by atoms with van der Waals surface area (Å²) in [7, 11) is 0. The van der Waals surface area contributed by atoms with Crippen molar-refractivity contribution in [1.82, 2.24) is 4.57 Å². The Morgan fingerprint density at radius 1 is 1.34 bits per heavy atom. The molecule has 1 aromatic heterocycles. The Bertz CT molecular complexity index is 962. The Morgan fingerprint density at radius 3 is 2.76 bits per heavy atom. The molecule has 0 radical (unpaired) electrons. The summed E-state index contributed by atoms with van der Waals surface area (Å²) in [5.41, 5.74) is 1.76. The van der Waals surface area contributed by atoms with E-state index >= 15 is 0 Å². The fourth-order valence-electron chi connectivity index (χ4n) is 3.43. The van der Waals surface area contributed by atoms with Gasteiger partial charge in [-0.1, -0.05) is 11.6 Å². The maximum absolute atomic E-state index is 12.6. The van der Waals surface area contributed by atoms with E-state index in [0.29, 0.717) is 12.1 Å². The van der Waals surface area contributed by atoms with Gasteiger partial charge in [0, 0.05) is 36.2 Å². The van der Waals surface area contributed by atoms with E-state index in [2.05, 4.69) is 0 Å². The average molecular weight is 421 g/mol. The van der Waals surface area contributed by atoms with E-state index in [-0.39, 0.29) is 22.5 Å². The number of nitrogens with zero attached hydrogens (tertiary/aromatic N) is 2. The lowest BCUT2D eigenvalue weighted by atomic mass is 10.1. The van der Waals surface area contributed by atoms with Crippen LogP contribution in [-0.2, 0) is 16.0 Å². The lowest BCUT2D eigenvalue weighted by Gasteiger charge is -2.14. The SMILES string of the molecule is Cc1cc(C(=O)COC(=O)c2ccc(Cl)c([N+](=O)[O-])c2)c(C)n1C[C@H]1CCCO1. The molecule has 0 unspecified atom stereocenters. The van der Waals surface area contributed by atoms with Gasteiger partial charge in [0.15, 0.2) is 6.61 Å². The zero-order chi connectivity index (χ0) is 21.1. The van der Waals surface area contributed by atoms with Crippen molar-refractivity contribution in [1.29, 1.82) is 0 Å². The van der Waals surface area contributed by atoms with Crippen LogP contribution in [0.5, 0.6) is 0 Å². The van der Waals surface area contributed by atoms with Gasteiger partial charge in [0.05, 0.1) is 16.6 Å². The lowest BCUT2D eigenvalue weighted by Crippen LogP contribution is -2.18. The molecule has 0 N–H and O–H groups in total. The molecule has 1 fully saturated rings. The predicted octanol–water partition coefficient (Wildman–Crippen LogP) is 3.89. The van der Waals surface area contributed by atoms with Gasteiger partial charge in [-0.05, 0) is 44.9 Å². The number of benzene rings is 1. The van der Waals surface area contributed by atoms with E-state index in [1.807, 2.05) is 18.4 Å². The molecule has 0 spiro atoms. The summed E-state index contributed by atoms with van der Waals surface area (Å²) in [5.74, 6) is -1.17. The first-order valence-corrected chi connectivity index (χ1v) is 9.58. The number of ether oxygens (including phenoxy) is 2. The molecule has 1 aromatic carbocycles. The fourth-order valence-corrected chi connectivity index (χ4v) is 3.61. The van der Waals surface area contributed by atoms with Crippen LogP contribution in [0.1, 0.15) is 44.9 Å². The number of halogens is 1. The minimum atomic E-state index is -0.828. The standard InChI is InChI=1S/C20H21ClN2O6/c1-12-8-16(13(2)22(12)10-15-4-3-7-28-15)19(24)11-29-20(25)14-5-6-17(21)18(9-14)23(26)27/h5-6,8-9,15H,3-4,7,10-11H2,1-2H3/t15-/m1/s1. The van der Waals surface area contributed by atoms with Crippen molar-refractivity contribution in [3.8, 4) is 0 Å². The number of ketones is 1. The molecular weight excluding hydrogens is 400 g/mol. The smallest absolute Gasteiger partial charge is 0.338 e. The summed E-state index contributed by atoms with van der Waals surface area (Å²) >= 11 is 5.74. The Kier molecular flexibility index (Phi) is 6.34. The molecule has 154 valence electrons. The lowest BCUT2D eigenvalue weighted by molar-refractivity contribution is -0.384. The number of esters is 1. The van der Waals surface area contributed by atoms with Gasteiger partial charge in [-0.15, -0.1) is 0 Å². The summed E-state index contributed by atoms with van der Waals surface area (Å²) in [5, 5.41) is 10.9. The van der Waals surface area contributed by atoms with Crippen LogP contribution in [0.15, 0.2) is 24.3 Å². The topological polar surface area (TPSA) is 101 Å². The summed E-state index contributed by atoms with van der Waals surface area (Å²) in [6.07, 6.45) is 2.17. The monoisotopic (exact) mass is 420 g/mol. The molecule has 9 heteroatoms. The van der Waals surface area contributed by atoms with Crippen LogP contribution in [0.3, 0.4) is 0 Å². The summed E-state index contributed by atoms with van der Waals surface area (Å²) in [6, 6.07) is 5.36. The highest BCUT2D eigenvalue weighted by Gasteiger charge is 2.22. The number of carbonyl (C=O) groups is 2. The Morgan fingerprint density at radius 2 is 2.10 bits per heavy atom. The van der Waals surface area contributed by atoms with Crippen molar-refractivity contribution in [3.63, 3.8) is 0 Å². The van der Waals surface area contributed by atoms with Gasteiger partial charge in [0.2, 0.25) is 5.78 Å². The minimum absolute atomic E-state index is 0.0437. The van der Waals surface area contributed by atoms with E-state index in [0.717, 1.165) is 36.9 Å². The molecule has 1 aliphatic rings. The van der Waals surface area contributed by atoms with Crippen LogP contribution in [-0.4, -0.2) is 40.6 Å². The summed E-state index contributed by atoms with van der Waals surface area (Å²) in [6.45, 7) is 4.74. The summed E-state index contributed by atoms with van der Waals surface area (Å²) < 4.78 is 12.8. The number of nitro benzene ring substituents is 1. The third kappa shape index (κ3) is 4.65. The number of carbonyl (C=O) groups excluding carboxylic acids is 2. The Hall–Kier alpha value is -2.71. The van der Waals surface area contributed by atoms with Gasteiger partial charge in [-0.3, -0.25) is 14.9 Å². The zero-order valence-corrected chi connectivity index (χ0v) is 16.9. The third-order valence-electron chi connectivity index (χ3n) is 5.00. The quantitative estimate of drug-likeness (QED) is 0.291. The highest BCUT2D eigenvalue weighted by atomic mass is 35.5. The van der Waals surface area contributed by atoms with E-state index in [1.165, 1.54) is 12.1 Å². The van der Waals surface area contributed by atoms with Crippen LogP contribution in [0.25, 0.3) is 0 Å². The highest BCUT2D eigenvalue weighted by Crippen LogP contribution is 2.25. The molecular formula is C20H21ClN2O6. The number of rotatable bonds is 7. The normalized spacial score (nSPS) is 16.0. The molecule has 1 atom stereocenters. The first kappa shape index (κ1) is 21.0. The first-order chi connectivity index (χ1) is 13.8. The zero-order valence-electron chi connectivity index (χ0n) is 16.1. The first-order valence-electron chi connectivity index (χ1n) is 9.20. The van der Waals surface area contributed by atoms with Gasteiger partial charge in [-0.25, -0.2) is 4.79 Å². The van der Waals surface area contributed by atoms with Crippen molar-refractivity contribution >= 4 is 29.0 Å². The number of Topliss-reactive ketones (excluding diaryl/α,β-unsaturated/α-hetero) is 1. The van der Waals surface area contributed by atoms with Crippen LogP contribution >= 0.6 is 11.6 Å². The van der Waals surface area contributed by atoms with Gasteiger partial charge >= 0.3 is 5.97 Å². The van der Waals surface area contributed by atoms with Crippen molar-refractivity contribution in [2.75, 3.05) is 13.2 Å². The molecule has 0 bridgehead atoms. The molecule has 2 heterocycles. The Balaban J connectivity index is 1.67. The maximum atomic E-state index is 12.6. The summed E-state index contributed by atoms with van der Waals surface area (Å²) in [4.78, 5) is 35.0. The molecule has 0 amide bonds. The van der Waals surface area contributed by atoms with Crippen LogP contribution in [0, 0.1) is 24.0 Å². The van der Waals surface area contributed by atoms with Gasteiger partial charge < -0.3 is 14.0 Å². The fraction of sp³-hybridized carbons (Fsp3) is 0.400. The number of nitro groups is 1. The number of hydrogen-bond donors (Lipinski definition) is 0. The molecule has 0 saturated carbocycles. The molecule has 29 heavy (non-hydrogen) atoms. The molecule has 0 aliphatic carbocycles. The van der Waals surface area contributed by atoms with Crippen molar-refractivity contribution in [3.05, 3.63) is 61.9 Å². The second kappa shape index (κ2) is 8.75. The number of aryl methyl sites for hydroxylation is 1. The second-order valence-corrected chi connectivity index (χ2v) is 7.36. The number of hydrogen-bond acceptors (Lipinski definition) is 6. The highest BCUT2D eigenvalue weighted by molar-refractivity contribution is 6.32. The molecule has 1 saturated heterocycles. The minimum Gasteiger partial charge on any atom is -0.454 e. The van der Waals surface area contributed by atoms with E-state index < -0.39 is 23.2 Å². The van der Waals surface area contributed by atoms with E-state index in [9.17, 15) is 19.7 Å². The van der Waals surface area contributed by atoms with Crippen LogP contribution in [0.2, 0.25) is 5.02 Å². The largest absolute Gasteiger partial charge is 0.454 e. The second-order valence-electron chi connectivity index (χ2n) is 6.95. The average Bonchev–Trinajstić information content (AvgIpc) is 3.29.